The summed E-state index contributed by atoms with van der Waals surface area (Å²) in [5.74, 6) is -0.396. The van der Waals surface area contributed by atoms with Crippen LogP contribution in [-0.2, 0) is 10.0 Å². The van der Waals surface area contributed by atoms with Gasteiger partial charge in [0.25, 0.3) is 0 Å². The molecule has 0 saturated heterocycles. The Morgan fingerprint density at radius 2 is 1.46 bits per heavy atom. The van der Waals surface area contributed by atoms with Crippen molar-refractivity contribution in [2.75, 3.05) is 33.3 Å². The van der Waals surface area contributed by atoms with Crippen LogP contribution in [0.5, 0.6) is 0 Å². The summed E-state index contributed by atoms with van der Waals surface area (Å²) in [5, 5.41) is 5.59. The van der Waals surface area contributed by atoms with E-state index in [0.717, 1.165) is 11.6 Å². The van der Waals surface area contributed by atoms with E-state index in [1.54, 1.807) is 24.3 Å². The molecule has 0 aliphatic heterocycles. The van der Waals surface area contributed by atoms with Crippen molar-refractivity contribution in [1.29, 1.82) is 0 Å². The Hall–Kier alpha value is -3.80. The molecule has 3 aromatic rings. The number of aryl methyl sites for hydroxylation is 1. The number of urea groups is 1. The number of hydrogen-bond acceptors (Lipinski definition) is 4. The van der Waals surface area contributed by atoms with E-state index in [2.05, 4.69) is 43.2 Å². The fraction of sp³-hybridized carbons (Fsp3) is 0.345. The van der Waals surface area contributed by atoms with E-state index in [1.807, 2.05) is 19.1 Å². The van der Waals surface area contributed by atoms with Crippen LogP contribution in [0.1, 0.15) is 33.3 Å². The van der Waals surface area contributed by atoms with Crippen LogP contribution < -0.4 is 20.3 Å². The zero-order chi connectivity index (χ0) is 30.5. The lowest BCUT2D eigenvalue weighted by Gasteiger charge is -2.31. The van der Waals surface area contributed by atoms with Crippen molar-refractivity contribution in [3.8, 4) is 11.1 Å². The number of nitrogens with one attached hydrogen (secondary N) is 3. The van der Waals surface area contributed by atoms with Crippen molar-refractivity contribution in [1.82, 2.24) is 0 Å². The SMILES string of the molecule is Cc1ccc(NC(=O)Nc2cc(-c3ccc(F)cc3NS(=O)(=O)C(F)(F)F)ccc2N(CC(C)C)CC(C)C)cc1. The number of rotatable bonds is 10. The number of amides is 2. The van der Waals surface area contributed by atoms with Gasteiger partial charge < -0.3 is 15.5 Å². The van der Waals surface area contributed by atoms with Crippen molar-refractivity contribution < 1.29 is 30.8 Å². The maximum atomic E-state index is 14.0. The van der Waals surface area contributed by atoms with E-state index in [-0.39, 0.29) is 23.0 Å². The highest BCUT2D eigenvalue weighted by Gasteiger charge is 2.46. The Balaban J connectivity index is 2.10. The highest BCUT2D eigenvalue weighted by atomic mass is 32.2. The lowest BCUT2D eigenvalue weighted by atomic mass is 10.0. The Bertz CT molecular complexity index is 1460. The van der Waals surface area contributed by atoms with Gasteiger partial charge in [-0.2, -0.15) is 21.6 Å². The first-order valence-corrected chi connectivity index (χ1v) is 14.5. The molecule has 3 aromatic carbocycles. The van der Waals surface area contributed by atoms with Gasteiger partial charge in [-0.15, -0.1) is 0 Å². The summed E-state index contributed by atoms with van der Waals surface area (Å²) < 4.78 is 78.5. The monoisotopic (exact) mass is 594 g/mol. The summed E-state index contributed by atoms with van der Waals surface area (Å²) >= 11 is 0. The molecule has 3 rings (SSSR count). The van der Waals surface area contributed by atoms with E-state index in [4.69, 9.17) is 0 Å². The van der Waals surface area contributed by atoms with Gasteiger partial charge in [0, 0.05) is 24.3 Å². The average molecular weight is 595 g/mol. The lowest BCUT2D eigenvalue weighted by Crippen LogP contribution is -2.32. The van der Waals surface area contributed by atoms with Crippen molar-refractivity contribution in [2.24, 2.45) is 11.8 Å². The minimum atomic E-state index is -5.82. The number of anilines is 4. The topological polar surface area (TPSA) is 90.5 Å². The molecule has 41 heavy (non-hydrogen) atoms. The first-order valence-electron chi connectivity index (χ1n) is 13.0. The fourth-order valence-electron chi connectivity index (χ4n) is 4.21. The maximum absolute atomic E-state index is 14.0. The van der Waals surface area contributed by atoms with Crippen molar-refractivity contribution in [2.45, 2.75) is 40.1 Å². The van der Waals surface area contributed by atoms with Crippen molar-refractivity contribution in [3.05, 3.63) is 72.0 Å². The fourth-order valence-corrected chi connectivity index (χ4v) is 4.78. The van der Waals surface area contributed by atoms with Crippen molar-refractivity contribution in [3.63, 3.8) is 0 Å². The first kappa shape index (κ1) is 31.7. The molecule has 0 unspecified atom stereocenters. The highest BCUT2D eigenvalue weighted by Crippen LogP contribution is 2.37. The summed E-state index contributed by atoms with van der Waals surface area (Å²) in [4.78, 5) is 15.1. The molecule has 0 atom stereocenters. The van der Waals surface area contributed by atoms with Crippen LogP contribution >= 0.6 is 0 Å². The summed E-state index contributed by atoms with van der Waals surface area (Å²) in [6.07, 6.45) is 0. The zero-order valence-corrected chi connectivity index (χ0v) is 24.3. The molecule has 0 radical (unpaired) electrons. The number of nitrogens with zero attached hydrogens (tertiary/aromatic N) is 1. The van der Waals surface area contributed by atoms with Crippen LogP contribution in [0.3, 0.4) is 0 Å². The third-order valence-corrected chi connectivity index (χ3v) is 7.01. The largest absolute Gasteiger partial charge is 0.516 e. The molecule has 0 aliphatic carbocycles. The first-order chi connectivity index (χ1) is 19.1. The summed E-state index contributed by atoms with van der Waals surface area (Å²) in [5.41, 5.74) is -3.38. The van der Waals surface area contributed by atoms with Gasteiger partial charge >= 0.3 is 21.6 Å². The van der Waals surface area contributed by atoms with Crippen LogP contribution in [0.4, 0.5) is 45.1 Å². The number of sulfonamides is 1. The summed E-state index contributed by atoms with van der Waals surface area (Å²) in [7, 11) is -5.82. The predicted octanol–water partition coefficient (Wildman–Crippen LogP) is 7.83. The van der Waals surface area contributed by atoms with E-state index in [0.29, 0.717) is 36.2 Å². The van der Waals surface area contributed by atoms with Gasteiger partial charge in [0.1, 0.15) is 5.82 Å². The zero-order valence-electron chi connectivity index (χ0n) is 23.4. The normalized spacial score (nSPS) is 12.0. The standard InChI is InChI=1S/C29H34F4N4O3S/c1-18(2)16-37(17-19(3)4)27-13-8-21(14-26(27)35-28(38)34-23-10-6-20(5)7-11-23)24-12-9-22(30)15-25(24)36-41(39,40)29(31,32)33/h6-15,18-19,36H,16-17H2,1-5H3,(H2,34,35,38). The molecule has 0 aromatic heterocycles. The van der Waals surface area contributed by atoms with E-state index < -0.39 is 33.1 Å². The smallest absolute Gasteiger partial charge is 0.369 e. The number of carbonyl (C=O) groups excluding carboxylic acids is 1. The van der Waals surface area contributed by atoms with Crippen LogP contribution in [0, 0.1) is 24.6 Å². The van der Waals surface area contributed by atoms with Gasteiger partial charge in [-0.05, 0) is 66.8 Å². The molecule has 0 bridgehead atoms. The van der Waals surface area contributed by atoms with Crippen LogP contribution in [0.25, 0.3) is 11.1 Å². The molecule has 12 heteroatoms. The Morgan fingerprint density at radius 3 is 2.02 bits per heavy atom. The van der Waals surface area contributed by atoms with Crippen LogP contribution in [-0.4, -0.2) is 33.0 Å². The van der Waals surface area contributed by atoms with E-state index >= 15 is 0 Å². The number of benzene rings is 3. The van der Waals surface area contributed by atoms with Gasteiger partial charge in [0.2, 0.25) is 0 Å². The second-order valence-corrected chi connectivity index (χ2v) is 12.3. The van der Waals surface area contributed by atoms with Gasteiger partial charge in [-0.1, -0.05) is 51.5 Å². The van der Waals surface area contributed by atoms with E-state index in [9.17, 15) is 30.8 Å². The number of carbonyl (C=O) groups is 1. The molecule has 0 spiro atoms. The molecule has 7 nitrogen and oxygen atoms in total. The van der Waals surface area contributed by atoms with Crippen LogP contribution in [0.15, 0.2) is 60.7 Å². The molecule has 2 amide bonds. The quantitative estimate of drug-likeness (QED) is 0.209. The van der Waals surface area contributed by atoms with Gasteiger partial charge in [0.15, 0.2) is 0 Å². The lowest BCUT2D eigenvalue weighted by molar-refractivity contribution is -0.0429. The van der Waals surface area contributed by atoms with Gasteiger partial charge in [0.05, 0.1) is 17.1 Å². The molecule has 0 fully saturated rings. The number of halogens is 4. The number of hydrogen-bond donors (Lipinski definition) is 3. The summed E-state index contributed by atoms with van der Waals surface area (Å²) in [6.45, 7) is 11.4. The highest BCUT2D eigenvalue weighted by molar-refractivity contribution is 7.93. The molecule has 3 N–H and O–H groups in total. The molecular formula is C29H34F4N4O3S. The maximum Gasteiger partial charge on any atom is 0.516 e. The second-order valence-electron chi connectivity index (χ2n) is 10.6. The number of alkyl halides is 3. The minimum Gasteiger partial charge on any atom is -0.369 e. The van der Waals surface area contributed by atoms with Gasteiger partial charge in [-0.3, -0.25) is 4.72 Å². The van der Waals surface area contributed by atoms with Gasteiger partial charge in [-0.25, -0.2) is 9.18 Å². The average Bonchev–Trinajstić information content (AvgIpc) is 2.83. The summed E-state index contributed by atoms with van der Waals surface area (Å²) in [6, 6.07) is 14.3. The molecule has 0 heterocycles. The molecule has 0 saturated carbocycles. The Morgan fingerprint density at radius 1 is 0.854 bits per heavy atom. The molecule has 0 aliphatic rings. The molecule has 222 valence electrons. The van der Waals surface area contributed by atoms with Crippen molar-refractivity contribution >= 4 is 38.8 Å². The third kappa shape index (κ3) is 8.59. The predicted molar refractivity (Wildman–Crippen MR) is 156 cm³/mol. The Labute approximate surface area is 238 Å². The third-order valence-electron chi connectivity index (χ3n) is 5.91. The minimum absolute atomic E-state index is 0.00737. The molecular weight excluding hydrogens is 560 g/mol. The second kappa shape index (κ2) is 12.8. The van der Waals surface area contributed by atoms with E-state index in [1.165, 1.54) is 16.9 Å². The van der Waals surface area contributed by atoms with Crippen LogP contribution in [0.2, 0.25) is 0 Å². The Kier molecular flexibility index (Phi) is 9.90.